The number of sulfonamides is 1. The Kier molecular flexibility index (Phi) is 21.9. The number of aliphatic carboxylic acids is 1. The number of amides is 2. The number of carbonyl (C=O) groups excluding carboxylic acids is 3. The third-order valence-electron chi connectivity index (χ3n) is 8.25. The number of methoxy groups -OCH3 is 1. The topological polar surface area (TPSA) is 329 Å². The summed E-state index contributed by atoms with van der Waals surface area (Å²) in [7, 11) is -6.25. The van der Waals surface area contributed by atoms with Gasteiger partial charge in [-0.3, -0.25) is 24.8 Å². The fourth-order valence-corrected chi connectivity index (χ4v) is 7.13. The molecular formula is C39H43ClF6N7O15PS. The maximum absolute atomic E-state index is 12.8. The highest BCUT2D eigenvalue weighted by atomic mass is 35.5. The summed E-state index contributed by atoms with van der Waals surface area (Å²) < 4.78 is 133. The molecule has 70 heavy (non-hydrogen) atoms. The Morgan fingerprint density at radius 3 is 2.20 bits per heavy atom. The van der Waals surface area contributed by atoms with E-state index in [1.54, 1.807) is 11.6 Å². The number of nitrogens with two attached hydrogens (primary N) is 1. The van der Waals surface area contributed by atoms with Crippen LogP contribution in [-0.2, 0) is 46.2 Å². The van der Waals surface area contributed by atoms with Crippen LogP contribution in [-0.4, -0.2) is 107 Å². The molecule has 22 nitrogen and oxygen atoms in total. The van der Waals surface area contributed by atoms with Gasteiger partial charge in [-0.15, -0.1) is 0 Å². The third-order valence-corrected chi connectivity index (χ3v) is 11.1. The Bertz CT molecular complexity index is 2680. The number of hydrogen-bond acceptors (Lipinski definition) is 17. The summed E-state index contributed by atoms with van der Waals surface area (Å²) in [5, 5.41) is 21.3. The van der Waals surface area contributed by atoms with Gasteiger partial charge in [0.05, 0.1) is 34.1 Å². The Morgan fingerprint density at radius 2 is 1.66 bits per heavy atom. The fraction of sp³-hybridized carbons (Fsp3) is 0.359. The van der Waals surface area contributed by atoms with Crippen molar-refractivity contribution < 1.29 is 92.4 Å². The average Bonchev–Trinajstić information content (AvgIpc) is 3.24. The number of ether oxygens (including phenoxy) is 4. The maximum Gasteiger partial charge on any atom is 0.416 e. The molecule has 2 amide bonds. The molecule has 0 bridgehead atoms. The lowest BCUT2D eigenvalue weighted by Crippen LogP contribution is -2.35. The number of nitrogens with one attached hydrogen (secondary N) is 2. The second-order valence-electron chi connectivity index (χ2n) is 14.0. The van der Waals surface area contributed by atoms with E-state index in [1.165, 1.54) is 45.8 Å². The zero-order valence-corrected chi connectivity index (χ0v) is 39.5. The molecule has 1 heterocycles. The minimum Gasteiger partial charge on any atom is -0.480 e. The first-order valence-corrected chi connectivity index (χ1v) is 23.7. The van der Waals surface area contributed by atoms with Gasteiger partial charge in [0.2, 0.25) is 5.95 Å². The summed E-state index contributed by atoms with van der Waals surface area (Å²) in [4.78, 5) is 76.2. The van der Waals surface area contributed by atoms with Crippen molar-refractivity contribution in [1.29, 1.82) is 0 Å². The predicted molar refractivity (Wildman–Crippen MR) is 233 cm³/mol. The SMILES string of the molecule is CCOC(=O)C(C)OC(=O)c1cc(Oc2ccc(C(F)(F)F)cc2Cl)ccc1[N+](=O)[O-].COc1nc(C)nc(NC(=O)NS(=O)(=O)c2ccccc2CCC(F)(F)F)n1.CP(=O)(O)CCC(N)C(=O)O. The summed E-state index contributed by atoms with van der Waals surface area (Å²) in [6, 6.07) is 8.15. The molecule has 3 unspecified atom stereocenters. The van der Waals surface area contributed by atoms with E-state index in [-0.39, 0.29) is 59.1 Å². The zero-order valence-electron chi connectivity index (χ0n) is 37.0. The second-order valence-corrected chi connectivity index (χ2v) is 18.6. The molecule has 3 atom stereocenters. The van der Waals surface area contributed by atoms with E-state index < -0.39 is 105 Å². The smallest absolute Gasteiger partial charge is 0.416 e. The molecule has 0 saturated carbocycles. The van der Waals surface area contributed by atoms with Crippen molar-refractivity contribution in [1.82, 2.24) is 19.7 Å². The average molecular weight is 1060 g/mol. The largest absolute Gasteiger partial charge is 0.480 e. The Balaban J connectivity index is 0.000000398. The number of benzene rings is 3. The summed E-state index contributed by atoms with van der Waals surface area (Å²) in [6.45, 7) is 5.50. The number of aryl methyl sites for hydroxylation is 2. The van der Waals surface area contributed by atoms with Gasteiger partial charge in [-0.2, -0.15) is 41.3 Å². The number of alkyl halides is 6. The second kappa shape index (κ2) is 25.8. The van der Waals surface area contributed by atoms with E-state index in [9.17, 15) is 68.6 Å². The van der Waals surface area contributed by atoms with Gasteiger partial charge >= 0.3 is 42.3 Å². The van der Waals surface area contributed by atoms with Gasteiger partial charge in [-0.1, -0.05) is 29.8 Å². The summed E-state index contributed by atoms with van der Waals surface area (Å²) in [5.41, 5.74) is 2.85. The molecule has 0 aliphatic heterocycles. The number of urea groups is 1. The van der Waals surface area contributed by atoms with Crippen LogP contribution in [0, 0.1) is 17.0 Å². The van der Waals surface area contributed by atoms with Gasteiger partial charge in [0.1, 0.15) is 28.9 Å². The number of hydrogen-bond donors (Lipinski definition) is 5. The van der Waals surface area contributed by atoms with Crippen LogP contribution in [0.25, 0.3) is 0 Å². The molecule has 0 saturated heterocycles. The van der Waals surface area contributed by atoms with Crippen molar-refractivity contribution in [3.05, 3.63) is 98.3 Å². The zero-order chi connectivity index (χ0) is 53.4. The molecule has 1 aromatic heterocycles. The van der Waals surface area contributed by atoms with Crippen molar-refractivity contribution in [2.75, 3.05) is 31.9 Å². The molecule has 0 radical (unpaired) electrons. The lowest BCUT2D eigenvalue weighted by Gasteiger charge is -2.13. The predicted octanol–water partition coefficient (Wildman–Crippen LogP) is 7.05. The summed E-state index contributed by atoms with van der Waals surface area (Å²) in [5.74, 6) is -3.55. The van der Waals surface area contributed by atoms with Crippen LogP contribution in [0.15, 0.2) is 65.6 Å². The number of halogens is 7. The first-order valence-electron chi connectivity index (χ1n) is 19.5. The highest BCUT2D eigenvalue weighted by molar-refractivity contribution is 7.90. The number of nitrogens with zero attached hydrogens (tertiary/aromatic N) is 4. The van der Waals surface area contributed by atoms with Crippen LogP contribution < -0.4 is 25.2 Å². The number of esters is 2. The molecule has 0 aliphatic carbocycles. The number of anilines is 1. The lowest BCUT2D eigenvalue weighted by atomic mass is 10.1. The number of rotatable bonds is 17. The van der Waals surface area contributed by atoms with Crippen molar-refractivity contribution in [3.63, 3.8) is 0 Å². The molecule has 6 N–H and O–H groups in total. The maximum atomic E-state index is 12.8. The lowest BCUT2D eigenvalue weighted by molar-refractivity contribution is -0.385. The molecule has 0 spiro atoms. The highest BCUT2D eigenvalue weighted by Crippen LogP contribution is 2.38. The number of carbonyl (C=O) groups is 4. The molecule has 0 aliphatic rings. The minimum absolute atomic E-state index is 0.0398. The summed E-state index contributed by atoms with van der Waals surface area (Å²) >= 11 is 5.83. The van der Waals surface area contributed by atoms with Gasteiger partial charge < -0.3 is 34.7 Å². The van der Waals surface area contributed by atoms with Gasteiger partial charge in [0.25, 0.3) is 15.7 Å². The highest BCUT2D eigenvalue weighted by Gasteiger charge is 2.32. The molecule has 31 heteroatoms. The van der Waals surface area contributed by atoms with E-state index in [0.29, 0.717) is 6.07 Å². The van der Waals surface area contributed by atoms with Crippen LogP contribution in [0.1, 0.15) is 54.0 Å². The number of nitro benzene ring substituents is 1. The van der Waals surface area contributed by atoms with Gasteiger partial charge in [-0.05, 0) is 69.5 Å². The first kappa shape index (κ1) is 59.4. The van der Waals surface area contributed by atoms with Crippen LogP contribution in [0.3, 0.4) is 0 Å². The quantitative estimate of drug-likeness (QED) is 0.0232. The monoisotopic (exact) mass is 1060 g/mol. The Hall–Kier alpha value is -6.68. The molecule has 384 valence electrons. The van der Waals surface area contributed by atoms with Gasteiger partial charge in [0, 0.05) is 31.4 Å². The number of carboxylic acid groups (broad SMARTS) is 1. The number of carboxylic acids is 1. The third kappa shape index (κ3) is 20.5. The standard InChI is InChI=1S/C19H15ClF3NO7.C15H16F3N5O4S.C5H12NO4P/c1-3-29-17(25)10(2)30-18(26)13-9-12(5-6-15(13)24(27)28)31-16-7-4-11(8-14(16)20)19(21,22)23;1-9-19-12(22-14(20-9)27-2)21-13(24)23-28(25,26)11-6-4-3-5-10(11)7-8-15(16,17)18;1-11(9,10)3-2-4(6)5(7)8/h4-10H,3H2,1-2H3;3-6H,7-8H2,1-2H3,(H2,19,20,21,22,23,24);4H,2-3,6H2,1H3,(H,7,8)(H,9,10). The van der Waals surface area contributed by atoms with Crippen molar-refractivity contribution in [2.24, 2.45) is 5.73 Å². The Morgan fingerprint density at radius 1 is 1.01 bits per heavy atom. The normalized spacial score (nSPS) is 13.0. The van der Waals surface area contributed by atoms with Crippen LogP contribution in [0.5, 0.6) is 17.5 Å². The van der Waals surface area contributed by atoms with E-state index in [4.69, 9.17) is 46.3 Å². The molecule has 3 aromatic carbocycles. The first-order chi connectivity index (χ1) is 32.3. The van der Waals surface area contributed by atoms with Crippen molar-refractivity contribution in [2.45, 2.75) is 69.4 Å². The van der Waals surface area contributed by atoms with E-state index in [0.717, 1.165) is 36.4 Å². The van der Waals surface area contributed by atoms with E-state index in [1.807, 2.05) is 0 Å². The molecular weight excluding hydrogens is 1020 g/mol. The van der Waals surface area contributed by atoms with Gasteiger partial charge in [0.15, 0.2) is 13.5 Å². The van der Waals surface area contributed by atoms with E-state index in [2.05, 4.69) is 20.3 Å². The number of nitro groups is 1. The van der Waals surface area contributed by atoms with Gasteiger partial charge in [-0.25, -0.2) is 27.5 Å². The summed E-state index contributed by atoms with van der Waals surface area (Å²) in [6.07, 6.45) is -12.1. The minimum atomic E-state index is -4.61. The molecule has 0 fully saturated rings. The molecule has 4 rings (SSSR count). The Labute approximate surface area is 398 Å². The van der Waals surface area contributed by atoms with Crippen LogP contribution >= 0.6 is 19.0 Å². The van der Waals surface area contributed by atoms with E-state index >= 15 is 0 Å². The van der Waals surface area contributed by atoms with Crippen LogP contribution in [0.2, 0.25) is 5.02 Å². The molecule has 4 aromatic rings. The fourth-order valence-electron chi connectivity index (χ4n) is 4.98. The number of aromatic nitrogens is 3. The van der Waals surface area contributed by atoms with Crippen molar-refractivity contribution in [3.8, 4) is 17.5 Å². The van der Waals surface area contributed by atoms with Crippen LogP contribution in [0.4, 0.5) is 42.8 Å². The van der Waals surface area contributed by atoms with Crippen molar-refractivity contribution >= 4 is 64.6 Å².